The minimum Gasteiger partial charge on any atom is -0.392 e. The van der Waals surface area contributed by atoms with Crippen LogP contribution in [-0.2, 0) is 4.79 Å². The maximum absolute atomic E-state index is 12.7. The Kier molecular flexibility index (Phi) is 4.00. The van der Waals surface area contributed by atoms with Crippen LogP contribution in [0.4, 0.5) is 5.69 Å². The van der Waals surface area contributed by atoms with Crippen LogP contribution in [0.1, 0.15) is 25.3 Å². The molecule has 114 valence electrons. The molecule has 2 aliphatic rings. The van der Waals surface area contributed by atoms with Gasteiger partial charge in [-0.15, -0.1) is 0 Å². The van der Waals surface area contributed by atoms with Crippen molar-refractivity contribution < 1.29 is 9.90 Å². The summed E-state index contributed by atoms with van der Waals surface area (Å²) < 4.78 is 0. The van der Waals surface area contributed by atoms with Crippen LogP contribution in [0.5, 0.6) is 0 Å². The van der Waals surface area contributed by atoms with E-state index in [4.69, 9.17) is 0 Å². The van der Waals surface area contributed by atoms with Gasteiger partial charge in [0.15, 0.2) is 0 Å². The van der Waals surface area contributed by atoms with E-state index in [-0.39, 0.29) is 18.1 Å². The maximum Gasteiger partial charge on any atom is 0.244 e. The molecule has 1 N–H and O–H groups in total. The summed E-state index contributed by atoms with van der Waals surface area (Å²) in [5.74, 6) is 0.520. The first-order valence-electron chi connectivity index (χ1n) is 7.86. The molecule has 0 bridgehead atoms. The van der Waals surface area contributed by atoms with Gasteiger partial charge in [0.1, 0.15) is 0 Å². The van der Waals surface area contributed by atoms with Crippen LogP contribution in [0.3, 0.4) is 0 Å². The lowest BCUT2D eigenvalue weighted by Gasteiger charge is -2.37. The van der Waals surface area contributed by atoms with E-state index in [9.17, 15) is 9.90 Å². The predicted octanol–water partition coefficient (Wildman–Crippen LogP) is 1.80. The fraction of sp³-hybridized carbons (Fsp3) is 0.588. The molecule has 2 fully saturated rings. The van der Waals surface area contributed by atoms with Crippen molar-refractivity contribution in [2.24, 2.45) is 5.92 Å². The number of hydrogen-bond acceptors (Lipinski definition) is 3. The summed E-state index contributed by atoms with van der Waals surface area (Å²) in [6.45, 7) is 6.44. The molecule has 2 aliphatic heterocycles. The fourth-order valence-electron chi connectivity index (χ4n) is 3.34. The molecule has 0 radical (unpaired) electrons. The number of hydrogen-bond donors (Lipinski definition) is 1. The highest BCUT2D eigenvalue weighted by atomic mass is 16.3. The summed E-state index contributed by atoms with van der Waals surface area (Å²) in [5.41, 5.74) is 2.19. The SMILES string of the molecule is Cc1ccc(N2CCC(N3CCC(C)C(O)C3)C2=O)cc1. The number of aryl methyl sites for hydroxylation is 1. The van der Waals surface area contributed by atoms with Crippen LogP contribution in [-0.4, -0.2) is 47.7 Å². The minimum absolute atomic E-state index is 0.0616. The van der Waals surface area contributed by atoms with Gasteiger partial charge in [0, 0.05) is 18.8 Å². The third kappa shape index (κ3) is 2.83. The smallest absolute Gasteiger partial charge is 0.244 e. The molecule has 1 amide bonds. The van der Waals surface area contributed by atoms with E-state index in [0.717, 1.165) is 31.6 Å². The fourth-order valence-corrected chi connectivity index (χ4v) is 3.34. The van der Waals surface area contributed by atoms with Gasteiger partial charge in [-0.2, -0.15) is 0 Å². The number of carbonyl (C=O) groups is 1. The third-order valence-corrected chi connectivity index (χ3v) is 4.91. The van der Waals surface area contributed by atoms with E-state index >= 15 is 0 Å². The van der Waals surface area contributed by atoms with Gasteiger partial charge in [-0.1, -0.05) is 24.6 Å². The van der Waals surface area contributed by atoms with E-state index in [1.165, 1.54) is 5.56 Å². The van der Waals surface area contributed by atoms with Gasteiger partial charge < -0.3 is 10.0 Å². The number of likely N-dealkylation sites (tertiary alicyclic amines) is 1. The lowest BCUT2D eigenvalue weighted by molar-refractivity contribution is -0.123. The number of benzene rings is 1. The molecule has 0 aromatic heterocycles. The number of carbonyl (C=O) groups excluding carboxylic acids is 1. The summed E-state index contributed by atoms with van der Waals surface area (Å²) in [6.07, 6.45) is 1.52. The largest absolute Gasteiger partial charge is 0.392 e. The average molecular weight is 288 g/mol. The monoisotopic (exact) mass is 288 g/mol. The van der Waals surface area contributed by atoms with Gasteiger partial charge in [0.25, 0.3) is 0 Å². The first-order chi connectivity index (χ1) is 10.1. The molecule has 3 atom stereocenters. The Bertz CT molecular complexity index is 514. The predicted molar refractivity (Wildman–Crippen MR) is 83.3 cm³/mol. The van der Waals surface area contributed by atoms with E-state index < -0.39 is 0 Å². The molecule has 0 aliphatic carbocycles. The number of nitrogens with zero attached hydrogens (tertiary/aromatic N) is 2. The van der Waals surface area contributed by atoms with Crippen molar-refractivity contribution in [3.63, 3.8) is 0 Å². The van der Waals surface area contributed by atoms with Gasteiger partial charge in [-0.3, -0.25) is 9.69 Å². The second kappa shape index (κ2) is 5.78. The van der Waals surface area contributed by atoms with E-state index in [2.05, 4.69) is 18.7 Å². The van der Waals surface area contributed by atoms with Crippen molar-refractivity contribution in [1.82, 2.24) is 4.90 Å². The molecule has 1 aromatic carbocycles. The highest BCUT2D eigenvalue weighted by Gasteiger charge is 2.39. The van der Waals surface area contributed by atoms with Crippen molar-refractivity contribution in [3.05, 3.63) is 29.8 Å². The molecule has 3 rings (SSSR count). The van der Waals surface area contributed by atoms with Crippen molar-refractivity contribution in [3.8, 4) is 0 Å². The Hall–Kier alpha value is -1.39. The summed E-state index contributed by atoms with van der Waals surface area (Å²) in [4.78, 5) is 16.7. The lowest BCUT2D eigenvalue weighted by atomic mass is 9.94. The van der Waals surface area contributed by atoms with Crippen molar-refractivity contribution in [2.75, 3.05) is 24.5 Å². The zero-order chi connectivity index (χ0) is 15.0. The number of aliphatic hydroxyl groups is 1. The van der Waals surface area contributed by atoms with Gasteiger partial charge in [0.05, 0.1) is 12.1 Å². The second-order valence-electron chi connectivity index (χ2n) is 6.46. The number of β-amino-alcohol motifs (C(OH)–C–C–N with tert-alkyl or cyclic N) is 1. The van der Waals surface area contributed by atoms with E-state index in [1.54, 1.807) is 0 Å². The highest BCUT2D eigenvalue weighted by molar-refractivity contribution is 5.99. The zero-order valence-electron chi connectivity index (χ0n) is 12.8. The molecule has 2 saturated heterocycles. The Labute approximate surface area is 126 Å². The molecule has 0 saturated carbocycles. The third-order valence-electron chi connectivity index (χ3n) is 4.91. The van der Waals surface area contributed by atoms with Gasteiger partial charge in [-0.05, 0) is 44.4 Å². The molecule has 0 spiro atoms. The standard InChI is InChI=1S/C17H24N2O2/c1-12-3-5-14(6-4-12)19-10-8-15(17(19)21)18-9-7-13(2)16(20)11-18/h3-6,13,15-16,20H,7-11H2,1-2H3. The zero-order valence-corrected chi connectivity index (χ0v) is 12.8. The second-order valence-corrected chi connectivity index (χ2v) is 6.46. The Morgan fingerprint density at radius 3 is 2.52 bits per heavy atom. The summed E-state index contributed by atoms with van der Waals surface area (Å²) in [6, 6.07) is 8.06. The van der Waals surface area contributed by atoms with Crippen LogP contribution in [0.15, 0.2) is 24.3 Å². The first kappa shape index (κ1) is 14.5. The molecular formula is C17H24N2O2. The van der Waals surface area contributed by atoms with Crippen LogP contribution in [0, 0.1) is 12.8 Å². The summed E-state index contributed by atoms with van der Waals surface area (Å²) >= 11 is 0. The highest BCUT2D eigenvalue weighted by Crippen LogP contribution is 2.27. The topological polar surface area (TPSA) is 43.8 Å². The van der Waals surface area contributed by atoms with E-state index in [1.807, 2.05) is 29.2 Å². The first-order valence-corrected chi connectivity index (χ1v) is 7.86. The normalized spacial score (nSPS) is 30.9. The summed E-state index contributed by atoms with van der Waals surface area (Å²) in [5, 5.41) is 10.0. The van der Waals surface area contributed by atoms with Gasteiger partial charge in [-0.25, -0.2) is 0 Å². The molecule has 3 unspecified atom stereocenters. The molecular weight excluding hydrogens is 264 g/mol. The van der Waals surface area contributed by atoms with Crippen LogP contribution >= 0.6 is 0 Å². The van der Waals surface area contributed by atoms with E-state index in [0.29, 0.717) is 12.5 Å². The number of rotatable bonds is 2. The van der Waals surface area contributed by atoms with Gasteiger partial charge >= 0.3 is 0 Å². The van der Waals surface area contributed by atoms with Crippen LogP contribution in [0.2, 0.25) is 0 Å². The number of aliphatic hydroxyl groups excluding tert-OH is 1. The van der Waals surface area contributed by atoms with Crippen LogP contribution < -0.4 is 4.90 Å². The molecule has 2 heterocycles. The minimum atomic E-state index is -0.306. The Morgan fingerprint density at radius 2 is 1.86 bits per heavy atom. The quantitative estimate of drug-likeness (QED) is 0.902. The molecule has 4 heteroatoms. The van der Waals surface area contributed by atoms with Crippen molar-refractivity contribution >= 4 is 11.6 Å². The average Bonchev–Trinajstić information content (AvgIpc) is 2.85. The Morgan fingerprint density at radius 1 is 1.14 bits per heavy atom. The number of anilines is 1. The number of piperidine rings is 1. The van der Waals surface area contributed by atoms with Crippen LogP contribution in [0.25, 0.3) is 0 Å². The van der Waals surface area contributed by atoms with Crippen molar-refractivity contribution in [1.29, 1.82) is 0 Å². The Balaban J connectivity index is 1.70. The molecule has 1 aromatic rings. The lowest BCUT2D eigenvalue weighted by Crippen LogP contribution is -2.50. The summed E-state index contributed by atoms with van der Waals surface area (Å²) in [7, 11) is 0. The number of amides is 1. The molecule has 21 heavy (non-hydrogen) atoms. The van der Waals surface area contributed by atoms with Gasteiger partial charge in [0.2, 0.25) is 5.91 Å². The maximum atomic E-state index is 12.7. The molecule has 4 nitrogen and oxygen atoms in total. The van der Waals surface area contributed by atoms with Crippen molar-refractivity contribution in [2.45, 2.75) is 38.8 Å².